The van der Waals surface area contributed by atoms with Gasteiger partial charge in [0.25, 0.3) is 0 Å². The van der Waals surface area contributed by atoms with E-state index in [-0.39, 0.29) is 18.1 Å². The van der Waals surface area contributed by atoms with E-state index in [0.717, 1.165) is 11.3 Å². The van der Waals surface area contributed by atoms with Gasteiger partial charge in [0, 0.05) is 23.8 Å². The number of amides is 1. The van der Waals surface area contributed by atoms with Crippen LogP contribution in [0.15, 0.2) is 34.1 Å². The van der Waals surface area contributed by atoms with Crippen LogP contribution in [0.25, 0.3) is 11.3 Å². The van der Waals surface area contributed by atoms with Crippen molar-refractivity contribution in [1.29, 1.82) is 0 Å². The second-order valence-electron chi connectivity index (χ2n) is 6.62. The van der Waals surface area contributed by atoms with Crippen LogP contribution in [0.5, 0.6) is 0 Å². The lowest BCUT2D eigenvalue weighted by Gasteiger charge is -2.03. The molecule has 0 saturated carbocycles. The molecule has 0 fully saturated rings. The molecule has 6 heteroatoms. The predicted octanol–water partition coefficient (Wildman–Crippen LogP) is 5.10. The Kier molecular flexibility index (Phi) is 5.56. The average molecular weight is 382 g/mol. The molecule has 2 aromatic heterocycles. The summed E-state index contributed by atoms with van der Waals surface area (Å²) < 4.78 is 5.55. The number of rotatable bonds is 6. The van der Waals surface area contributed by atoms with Crippen molar-refractivity contribution in [1.82, 2.24) is 4.98 Å². The maximum absolute atomic E-state index is 12.2. The third kappa shape index (κ3) is 4.52. The Morgan fingerprint density at radius 3 is 2.59 bits per heavy atom. The molecule has 1 N–H and O–H groups in total. The molecule has 0 saturated heterocycles. The summed E-state index contributed by atoms with van der Waals surface area (Å²) in [7, 11) is 0. The van der Waals surface area contributed by atoms with Gasteiger partial charge in [-0.1, -0.05) is 12.1 Å². The van der Waals surface area contributed by atoms with Gasteiger partial charge in [0.05, 0.1) is 11.3 Å². The molecule has 0 aliphatic carbocycles. The maximum Gasteiger partial charge on any atom is 0.226 e. The number of furan rings is 1. The molecule has 0 aliphatic heterocycles. The van der Waals surface area contributed by atoms with Crippen molar-refractivity contribution in [2.24, 2.45) is 0 Å². The Bertz CT molecular complexity index is 1000. The predicted molar refractivity (Wildman–Crippen MR) is 107 cm³/mol. The smallest absolute Gasteiger partial charge is 0.226 e. The summed E-state index contributed by atoms with van der Waals surface area (Å²) in [4.78, 5) is 28.2. The summed E-state index contributed by atoms with van der Waals surface area (Å²) in [6, 6.07) is 7.92. The highest BCUT2D eigenvalue weighted by Gasteiger charge is 2.13. The molecule has 3 aromatic rings. The minimum absolute atomic E-state index is 0.0337. The SMILES string of the molecule is CC(=O)c1cc(CCC(=O)Nc2nc(-c3ccc(C)c(C)c3)cs2)oc1C. The van der Waals surface area contributed by atoms with Crippen molar-refractivity contribution in [3.05, 3.63) is 57.9 Å². The van der Waals surface area contributed by atoms with Crippen LogP contribution in [-0.2, 0) is 11.2 Å². The highest BCUT2D eigenvalue weighted by atomic mass is 32.1. The monoisotopic (exact) mass is 382 g/mol. The average Bonchev–Trinajstić information content (AvgIpc) is 3.22. The van der Waals surface area contributed by atoms with Gasteiger partial charge in [0.1, 0.15) is 11.5 Å². The minimum atomic E-state index is -0.130. The van der Waals surface area contributed by atoms with Gasteiger partial charge >= 0.3 is 0 Å². The molecule has 0 aliphatic rings. The number of aryl methyl sites for hydroxylation is 4. The van der Waals surface area contributed by atoms with Gasteiger partial charge in [-0.25, -0.2) is 4.98 Å². The number of nitrogens with one attached hydrogen (secondary N) is 1. The van der Waals surface area contributed by atoms with Crippen molar-refractivity contribution < 1.29 is 14.0 Å². The number of carbonyl (C=O) groups excluding carboxylic acids is 2. The Morgan fingerprint density at radius 1 is 1.15 bits per heavy atom. The van der Waals surface area contributed by atoms with Crippen LogP contribution in [0.2, 0.25) is 0 Å². The first-order valence-corrected chi connectivity index (χ1v) is 9.64. The van der Waals surface area contributed by atoms with Crippen LogP contribution in [0, 0.1) is 20.8 Å². The van der Waals surface area contributed by atoms with E-state index >= 15 is 0 Å². The Hall–Kier alpha value is -2.73. The number of aromatic nitrogens is 1. The molecule has 5 nitrogen and oxygen atoms in total. The molecule has 0 radical (unpaired) electrons. The molecule has 0 atom stereocenters. The highest BCUT2D eigenvalue weighted by Crippen LogP contribution is 2.26. The minimum Gasteiger partial charge on any atom is -0.466 e. The number of anilines is 1. The van der Waals surface area contributed by atoms with E-state index in [4.69, 9.17) is 4.42 Å². The molecule has 0 bridgehead atoms. The number of hydrogen-bond donors (Lipinski definition) is 1. The zero-order chi connectivity index (χ0) is 19.6. The lowest BCUT2D eigenvalue weighted by atomic mass is 10.1. The quantitative estimate of drug-likeness (QED) is 0.602. The molecular weight excluding hydrogens is 360 g/mol. The molecule has 0 unspecified atom stereocenters. The van der Waals surface area contributed by atoms with E-state index in [0.29, 0.717) is 28.6 Å². The van der Waals surface area contributed by atoms with Crippen molar-refractivity contribution in [3.63, 3.8) is 0 Å². The van der Waals surface area contributed by atoms with Gasteiger partial charge in [-0.05, 0) is 51.0 Å². The lowest BCUT2D eigenvalue weighted by molar-refractivity contribution is -0.116. The van der Waals surface area contributed by atoms with Crippen molar-refractivity contribution in [3.8, 4) is 11.3 Å². The van der Waals surface area contributed by atoms with Gasteiger partial charge in [-0.3, -0.25) is 9.59 Å². The van der Waals surface area contributed by atoms with Crippen molar-refractivity contribution >= 4 is 28.2 Å². The normalized spacial score (nSPS) is 10.8. The molecule has 2 heterocycles. The first kappa shape index (κ1) is 19.0. The summed E-state index contributed by atoms with van der Waals surface area (Å²) in [5.41, 5.74) is 4.92. The topological polar surface area (TPSA) is 72.2 Å². The van der Waals surface area contributed by atoms with Gasteiger partial charge in [-0.2, -0.15) is 0 Å². The van der Waals surface area contributed by atoms with E-state index in [1.807, 2.05) is 11.4 Å². The fourth-order valence-electron chi connectivity index (χ4n) is 2.80. The largest absolute Gasteiger partial charge is 0.466 e. The van der Waals surface area contributed by atoms with Crippen LogP contribution in [0.3, 0.4) is 0 Å². The summed E-state index contributed by atoms with van der Waals surface area (Å²) >= 11 is 1.40. The number of carbonyl (C=O) groups is 2. The van der Waals surface area contributed by atoms with E-state index in [9.17, 15) is 9.59 Å². The Morgan fingerprint density at radius 2 is 1.93 bits per heavy atom. The summed E-state index contributed by atoms with van der Waals surface area (Å²) in [5, 5.41) is 5.35. The first-order chi connectivity index (χ1) is 12.8. The molecule has 140 valence electrons. The lowest BCUT2D eigenvalue weighted by Crippen LogP contribution is -2.11. The second-order valence-corrected chi connectivity index (χ2v) is 7.48. The maximum atomic E-state index is 12.2. The van der Waals surface area contributed by atoms with Crippen molar-refractivity contribution in [2.75, 3.05) is 5.32 Å². The van der Waals surface area contributed by atoms with E-state index in [1.165, 1.54) is 29.4 Å². The third-order valence-corrected chi connectivity index (χ3v) is 5.26. The van der Waals surface area contributed by atoms with E-state index < -0.39 is 0 Å². The summed E-state index contributed by atoms with van der Waals surface area (Å²) in [6.45, 7) is 7.40. The number of Topliss-reactive ketones (excluding diaryl/α,β-unsaturated/α-hetero) is 1. The number of benzene rings is 1. The number of thiazole rings is 1. The Labute approximate surface area is 162 Å². The van der Waals surface area contributed by atoms with Gasteiger partial charge in [0.2, 0.25) is 5.91 Å². The van der Waals surface area contributed by atoms with Crippen LogP contribution in [0.1, 0.15) is 46.3 Å². The van der Waals surface area contributed by atoms with Gasteiger partial charge in [-0.15, -0.1) is 11.3 Å². The number of nitrogens with zero attached hydrogens (tertiary/aromatic N) is 1. The fourth-order valence-corrected chi connectivity index (χ4v) is 3.54. The van der Waals surface area contributed by atoms with E-state index in [2.05, 4.69) is 36.3 Å². The molecule has 3 rings (SSSR count). The summed E-state index contributed by atoms with van der Waals surface area (Å²) in [6.07, 6.45) is 0.707. The molecule has 27 heavy (non-hydrogen) atoms. The molecular formula is C21H22N2O3S. The van der Waals surface area contributed by atoms with Crippen molar-refractivity contribution in [2.45, 2.75) is 40.5 Å². The molecule has 1 amide bonds. The Balaban J connectivity index is 1.60. The highest BCUT2D eigenvalue weighted by molar-refractivity contribution is 7.14. The molecule has 1 aromatic carbocycles. The zero-order valence-corrected chi connectivity index (χ0v) is 16.7. The van der Waals surface area contributed by atoms with Gasteiger partial charge < -0.3 is 9.73 Å². The number of ketones is 1. The van der Waals surface area contributed by atoms with Crippen LogP contribution in [-0.4, -0.2) is 16.7 Å². The summed E-state index contributed by atoms with van der Waals surface area (Å²) in [5.74, 6) is 1.07. The standard InChI is InChI=1S/C21H22N2O3S/c1-12-5-6-16(9-13(12)2)19-11-27-21(22-19)23-20(25)8-7-17-10-18(14(3)24)15(4)26-17/h5-6,9-11H,7-8H2,1-4H3,(H,22,23,25). The fraction of sp³-hybridized carbons (Fsp3) is 0.286. The molecule has 0 spiro atoms. The zero-order valence-electron chi connectivity index (χ0n) is 15.9. The van der Waals surface area contributed by atoms with Crippen LogP contribution in [0.4, 0.5) is 5.13 Å². The van der Waals surface area contributed by atoms with Crippen LogP contribution < -0.4 is 5.32 Å². The van der Waals surface area contributed by atoms with Gasteiger partial charge in [0.15, 0.2) is 10.9 Å². The van der Waals surface area contributed by atoms with Crippen LogP contribution >= 0.6 is 11.3 Å². The second kappa shape index (κ2) is 7.88. The third-order valence-electron chi connectivity index (χ3n) is 4.50. The first-order valence-electron chi connectivity index (χ1n) is 8.76. The van der Waals surface area contributed by atoms with E-state index in [1.54, 1.807) is 13.0 Å². The number of hydrogen-bond acceptors (Lipinski definition) is 5.